The minimum Gasteiger partial charge on any atom is -0.398 e. The van der Waals surface area contributed by atoms with Crippen molar-refractivity contribution in [2.45, 2.75) is 44.9 Å². The van der Waals surface area contributed by atoms with Gasteiger partial charge in [-0.2, -0.15) is 0 Å². The molecule has 0 spiro atoms. The zero-order valence-electron chi connectivity index (χ0n) is 11.8. The van der Waals surface area contributed by atoms with Gasteiger partial charge in [0.2, 0.25) is 10.0 Å². The number of nitrogens with one attached hydrogen (secondary N) is 1. The van der Waals surface area contributed by atoms with Crippen LogP contribution >= 0.6 is 0 Å². The molecule has 1 aromatic carbocycles. The molecule has 0 saturated heterocycles. The van der Waals surface area contributed by atoms with Crippen LogP contribution in [0.25, 0.3) is 0 Å². The maximum absolute atomic E-state index is 12.4. The van der Waals surface area contributed by atoms with E-state index in [-0.39, 0.29) is 10.3 Å². The summed E-state index contributed by atoms with van der Waals surface area (Å²) in [6.07, 6.45) is 3.35. The highest BCUT2D eigenvalue weighted by Crippen LogP contribution is 2.39. The first-order chi connectivity index (χ1) is 8.75. The topological polar surface area (TPSA) is 72.2 Å². The molecule has 4 nitrogen and oxygen atoms in total. The summed E-state index contributed by atoms with van der Waals surface area (Å²) in [4.78, 5) is 0.232. The van der Waals surface area contributed by atoms with Crippen LogP contribution in [-0.4, -0.2) is 15.0 Å². The molecule has 0 bridgehead atoms. The van der Waals surface area contributed by atoms with Crippen molar-refractivity contribution in [1.82, 2.24) is 4.72 Å². The van der Waals surface area contributed by atoms with Crippen molar-refractivity contribution in [1.29, 1.82) is 0 Å². The average molecular weight is 282 g/mol. The molecule has 19 heavy (non-hydrogen) atoms. The Kier molecular flexibility index (Phi) is 3.62. The van der Waals surface area contributed by atoms with Gasteiger partial charge in [0, 0.05) is 6.54 Å². The molecular formula is C14H22N2O2S. The number of rotatable bonds is 4. The smallest absolute Gasteiger partial charge is 0.242 e. The monoisotopic (exact) mass is 282 g/mol. The summed E-state index contributed by atoms with van der Waals surface area (Å²) in [7, 11) is -3.53. The Hall–Kier alpha value is -1.07. The highest BCUT2D eigenvalue weighted by molar-refractivity contribution is 7.89. The molecule has 0 aromatic heterocycles. The van der Waals surface area contributed by atoms with Crippen LogP contribution in [0.15, 0.2) is 17.0 Å². The first-order valence-corrected chi connectivity index (χ1v) is 8.09. The van der Waals surface area contributed by atoms with Gasteiger partial charge >= 0.3 is 0 Å². The van der Waals surface area contributed by atoms with Crippen LogP contribution in [0.4, 0.5) is 5.69 Å². The van der Waals surface area contributed by atoms with E-state index in [9.17, 15) is 8.42 Å². The Bertz CT molecular complexity index is 590. The van der Waals surface area contributed by atoms with Gasteiger partial charge in [-0.05, 0) is 49.3 Å². The second kappa shape index (κ2) is 4.80. The SMILES string of the molecule is Cc1ccc(N)c(S(=O)(=O)NCC2(C)CCC2)c1C. The molecule has 2 rings (SSSR count). The number of benzene rings is 1. The number of nitrogens with two attached hydrogens (primary N) is 1. The molecule has 3 N–H and O–H groups in total. The van der Waals surface area contributed by atoms with E-state index in [1.54, 1.807) is 13.0 Å². The molecule has 0 radical (unpaired) electrons. The van der Waals surface area contributed by atoms with E-state index in [1.165, 1.54) is 6.42 Å². The molecule has 0 aliphatic heterocycles. The van der Waals surface area contributed by atoms with Gasteiger partial charge in [-0.25, -0.2) is 13.1 Å². The largest absolute Gasteiger partial charge is 0.398 e. The van der Waals surface area contributed by atoms with Gasteiger partial charge in [-0.15, -0.1) is 0 Å². The van der Waals surface area contributed by atoms with Crippen LogP contribution in [0.5, 0.6) is 0 Å². The summed E-state index contributed by atoms with van der Waals surface area (Å²) < 4.78 is 27.6. The lowest BCUT2D eigenvalue weighted by atomic mass is 9.71. The van der Waals surface area contributed by atoms with Crippen molar-refractivity contribution in [3.05, 3.63) is 23.3 Å². The Morgan fingerprint density at radius 1 is 1.32 bits per heavy atom. The molecule has 106 valence electrons. The quantitative estimate of drug-likeness (QED) is 0.833. The molecule has 5 heteroatoms. The highest BCUT2D eigenvalue weighted by Gasteiger charge is 2.33. The van der Waals surface area contributed by atoms with Crippen molar-refractivity contribution < 1.29 is 8.42 Å². The van der Waals surface area contributed by atoms with E-state index in [2.05, 4.69) is 11.6 Å². The molecule has 1 fully saturated rings. The summed E-state index contributed by atoms with van der Waals surface area (Å²) in [6.45, 7) is 6.29. The Morgan fingerprint density at radius 3 is 2.47 bits per heavy atom. The zero-order valence-corrected chi connectivity index (χ0v) is 12.6. The average Bonchev–Trinajstić information content (AvgIpc) is 2.29. The second-order valence-electron chi connectivity index (χ2n) is 5.91. The molecule has 0 atom stereocenters. The summed E-state index contributed by atoms with van der Waals surface area (Å²) in [5.41, 5.74) is 7.93. The van der Waals surface area contributed by atoms with Crippen molar-refractivity contribution in [2.24, 2.45) is 5.41 Å². The van der Waals surface area contributed by atoms with Crippen LogP contribution in [0.3, 0.4) is 0 Å². The van der Waals surface area contributed by atoms with Gasteiger partial charge in [-0.3, -0.25) is 0 Å². The Labute approximate surface area is 115 Å². The number of sulfonamides is 1. The van der Waals surface area contributed by atoms with Crippen molar-refractivity contribution in [3.63, 3.8) is 0 Å². The number of hydrogen-bond acceptors (Lipinski definition) is 3. The van der Waals surface area contributed by atoms with Gasteiger partial charge in [0.15, 0.2) is 0 Å². The molecule has 1 aliphatic carbocycles. The van der Waals surface area contributed by atoms with Crippen molar-refractivity contribution >= 4 is 15.7 Å². The van der Waals surface area contributed by atoms with E-state index in [0.29, 0.717) is 12.2 Å². The zero-order chi connectivity index (χ0) is 14.3. The first-order valence-electron chi connectivity index (χ1n) is 6.61. The summed E-state index contributed by atoms with van der Waals surface area (Å²) >= 11 is 0. The molecule has 0 heterocycles. The third-order valence-electron chi connectivity index (χ3n) is 4.23. The Balaban J connectivity index is 2.27. The molecule has 1 aliphatic rings. The fourth-order valence-electron chi connectivity index (χ4n) is 2.47. The highest BCUT2D eigenvalue weighted by atomic mass is 32.2. The van der Waals surface area contributed by atoms with Gasteiger partial charge < -0.3 is 5.73 Å². The predicted molar refractivity (Wildman–Crippen MR) is 77.5 cm³/mol. The first kappa shape index (κ1) is 14.3. The Morgan fingerprint density at radius 2 is 1.95 bits per heavy atom. The molecular weight excluding hydrogens is 260 g/mol. The van der Waals surface area contributed by atoms with Gasteiger partial charge in [-0.1, -0.05) is 19.4 Å². The second-order valence-corrected chi connectivity index (χ2v) is 7.62. The van der Waals surface area contributed by atoms with Crippen molar-refractivity contribution in [2.75, 3.05) is 12.3 Å². The standard InChI is InChI=1S/C14H22N2O2S/c1-10-5-6-12(15)13(11(10)2)19(17,18)16-9-14(3)7-4-8-14/h5-6,16H,4,7-9,15H2,1-3H3. The minimum atomic E-state index is -3.53. The number of hydrogen-bond donors (Lipinski definition) is 2. The van der Waals surface area contributed by atoms with Crippen LogP contribution in [0.2, 0.25) is 0 Å². The summed E-state index contributed by atoms with van der Waals surface area (Å²) in [5.74, 6) is 0. The van der Waals surface area contributed by atoms with Gasteiger partial charge in [0.05, 0.1) is 5.69 Å². The lowest BCUT2D eigenvalue weighted by Crippen LogP contribution is -2.40. The maximum Gasteiger partial charge on any atom is 0.242 e. The maximum atomic E-state index is 12.4. The van der Waals surface area contributed by atoms with Crippen LogP contribution < -0.4 is 10.5 Å². The predicted octanol–water partition coefficient (Wildman–Crippen LogP) is 2.35. The third-order valence-corrected chi connectivity index (χ3v) is 5.83. The normalized spacial score (nSPS) is 18.1. The van der Waals surface area contributed by atoms with Crippen LogP contribution in [0.1, 0.15) is 37.3 Å². The van der Waals surface area contributed by atoms with E-state index >= 15 is 0 Å². The number of aryl methyl sites for hydroxylation is 1. The van der Waals surface area contributed by atoms with Gasteiger partial charge in [0.1, 0.15) is 4.90 Å². The summed E-state index contributed by atoms with van der Waals surface area (Å²) in [5, 5.41) is 0. The van der Waals surface area contributed by atoms with E-state index in [4.69, 9.17) is 5.73 Å². The molecule has 0 unspecified atom stereocenters. The van der Waals surface area contributed by atoms with Crippen molar-refractivity contribution in [3.8, 4) is 0 Å². The van der Waals surface area contributed by atoms with E-state index in [0.717, 1.165) is 24.0 Å². The number of nitrogen functional groups attached to an aromatic ring is 1. The van der Waals surface area contributed by atoms with E-state index in [1.807, 2.05) is 13.0 Å². The fourth-order valence-corrected chi connectivity index (χ4v) is 4.09. The van der Waals surface area contributed by atoms with Gasteiger partial charge in [0.25, 0.3) is 0 Å². The molecule has 1 saturated carbocycles. The van der Waals surface area contributed by atoms with Crippen LogP contribution in [-0.2, 0) is 10.0 Å². The third kappa shape index (κ3) is 2.77. The lowest BCUT2D eigenvalue weighted by Gasteiger charge is -2.38. The minimum absolute atomic E-state index is 0.111. The van der Waals surface area contributed by atoms with E-state index < -0.39 is 10.0 Å². The number of anilines is 1. The van der Waals surface area contributed by atoms with Crippen LogP contribution in [0, 0.1) is 19.3 Å². The fraction of sp³-hybridized carbons (Fsp3) is 0.571. The lowest BCUT2D eigenvalue weighted by molar-refractivity contribution is 0.166. The summed E-state index contributed by atoms with van der Waals surface area (Å²) in [6, 6.07) is 3.50. The molecule has 0 amide bonds. The molecule has 1 aromatic rings.